The van der Waals surface area contributed by atoms with Crippen molar-refractivity contribution in [3.05, 3.63) is 24.2 Å². The van der Waals surface area contributed by atoms with Crippen LogP contribution in [0.4, 0.5) is 0 Å². The lowest BCUT2D eigenvalue weighted by atomic mass is 10.2. The Morgan fingerprint density at radius 3 is 3.00 bits per heavy atom. The van der Waals surface area contributed by atoms with Gasteiger partial charge in [0.25, 0.3) is 0 Å². The minimum atomic E-state index is 0.0478. The Balaban J connectivity index is 2.56. The third-order valence-corrected chi connectivity index (χ3v) is 1.84. The van der Waals surface area contributed by atoms with Gasteiger partial charge in [-0.25, -0.2) is 0 Å². The predicted octanol–water partition coefficient (Wildman–Crippen LogP) is 2.22. The van der Waals surface area contributed by atoms with Gasteiger partial charge in [0, 0.05) is 0 Å². The third-order valence-electron chi connectivity index (χ3n) is 1.55. The van der Waals surface area contributed by atoms with E-state index in [-0.39, 0.29) is 6.10 Å². The summed E-state index contributed by atoms with van der Waals surface area (Å²) in [5, 5.41) is 0. The van der Waals surface area contributed by atoms with E-state index in [4.69, 9.17) is 8.84 Å². The van der Waals surface area contributed by atoms with Crippen molar-refractivity contribution in [1.82, 2.24) is 0 Å². The van der Waals surface area contributed by atoms with Crippen molar-refractivity contribution in [3.63, 3.8) is 0 Å². The standard InChI is InChI=1S/C8H11O2Si/c1-2-4-8(10-11)7-5-3-6-9-7/h3,5-6,8H,2,4H2,1H3. The molecule has 0 aliphatic carbocycles. The Hall–Kier alpha value is -0.543. The van der Waals surface area contributed by atoms with Gasteiger partial charge in [0.15, 0.2) is 0 Å². The molecule has 1 heterocycles. The average molecular weight is 167 g/mol. The summed E-state index contributed by atoms with van der Waals surface area (Å²) in [5.41, 5.74) is 0. The zero-order valence-electron chi connectivity index (χ0n) is 6.54. The Morgan fingerprint density at radius 1 is 1.73 bits per heavy atom. The first kappa shape index (κ1) is 8.55. The minimum Gasteiger partial charge on any atom is -0.467 e. The zero-order valence-corrected chi connectivity index (χ0v) is 7.54. The highest BCUT2D eigenvalue weighted by molar-refractivity contribution is 5.98. The molecule has 1 rings (SSSR count). The lowest BCUT2D eigenvalue weighted by molar-refractivity contribution is 0.181. The molecular weight excluding hydrogens is 156 g/mol. The van der Waals surface area contributed by atoms with Crippen LogP contribution in [0.3, 0.4) is 0 Å². The molecule has 0 saturated carbocycles. The van der Waals surface area contributed by atoms with Crippen molar-refractivity contribution >= 4 is 10.5 Å². The van der Waals surface area contributed by atoms with Crippen molar-refractivity contribution in [2.75, 3.05) is 0 Å². The largest absolute Gasteiger partial charge is 0.467 e. The highest BCUT2D eigenvalue weighted by Gasteiger charge is 2.10. The Bertz CT molecular complexity index is 184. The first-order valence-corrected chi connectivity index (χ1v) is 4.15. The molecule has 0 N–H and O–H groups in total. The van der Waals surface area contributed by atoms with Gasteiger partial charge in [-0.15, -0.1) is 0 Å². The van der Waals surface area contributed by atoms with Crippen LogP contribution >= 0.6 is 0 Å². The molecular formula is C8H11O2Si. The molecule has 11 heavy (non-hydrogen) atoms. The molecule has 0 aromatic carbocycles. The molecule has 2 nitrogen and oxygen atoms in total. The van der Waals surface area contributed by atoms with Crippen LogP contribution in [0, 0.1) is 0 Å². The van der Waals surface area contributed by atoms with Crippen molar-refractivity contribution in [2.45, 2.75) is 25.9 Å². The third kappa shape index (κ3) is 2.20. The predicted molar refractivity (Wildman–Crippen MR) is 43.2 cm³/mol. The summed E-state index contributed by atoms with van der Waals surface area (Å²) in [6.07, 6.45) is 3.75. The fraction of sp³-hybridized carbons (Fsp3) is 0.500. The number of hydrogen-bond donors (Lipinski definition) is 0. The molecule has 1 unspecified atom stereocenters. The lowest BCUT2D eigenvalue weighted by Gasteiger charge is -2.10. The molecule has 0 fully saturated rings. The maximum absolute atomic E-state index is 5.18. The van der Waals surface area contributed by atoms with Crippen molar-refractivity contribution in [1.29, 1.82) is 0 Å². The second-order valence-electron chi connectivity index (χ2n) is 2.41. The van der Waals surface area contributed by atoms with Gasteiger partial charge in [-0.05, 0) is 18.6 Å². The maximum atomic E-state index is 5.18. The Labute approximate surface area is 70.1 Å². The summed E-state index contributed by atoms with van der Waals surface area (Å²) in [6.45, 7) is 2.11. The maximum Gasteiger partial charge on any atom is 0.247 e. The van der Waals surface area contributed by atoms with Crippen LogP contribution in [0.15, 0.2) is 22.8 Å². The van der Waals surface area contributed by atoms with Crippen LogP contribution in [-0.4, -0.2) is 10.5 Å². The molecule has 1 atom stereocenters. The molecule has 3 radical (unpaired) electrons. The van der Waals surface area contributed by atoms with Crippen LogP contribution in [0.5, 0.6) is 0 Å². The van der Waals surface area contributed by atoms with Gasteiger partial charge in [-0.1, -0.05) is 13.3 Å². The molecule has 1 aromatic rings. The first-order valence-electron chi connectivity index (χ1n) is 3.74. The molecule has 1 aromatic heterocycles. The summed E-state index contributed by atoms with van der Waals surface area (Å²) in [4.78, 5) is 0. The van der Waals surface area contributed by atoms with E-state index in [2.05, 4.69) is 17.4 Å². The van der Waals surface area contributed by atoms with Gasteiger partial charge in [0.1, 0.15) is 11.9 Å². The smallest absolute Gasteiger partial charge is 0.247 e. The van der Waals surface area contributed by atoms with E-state index in [1.165, 1.54) is 0 Å². The molecule has 0 saturated heterocycles. The fourth-order valence-electron chi connectivity index (χ4n) is 0.996. The Kier molecular flexibility index (Phi) is 3.39. The second-order valence-corrected chi connectivity index (χ2v) is 2.65. The van der Waals surface area contributed by atoms with E-state index < -0.39 is 0 Å². The summed E-state index contributed by atoms with van der Waals surface area (Å²) < 4.78 is 10.2. The number of furan rings is 1. The highest BCUT2D eigenvalue weighted by Crippen LogP contribution is 2.21. The minimum absolute atomic E-state index is 0.0478. The summed E-state index contributed by atoms with van der Waals surface area (Å²) in [6, 6.07) is 3.78. The summed E-state index contributed by atoms with van der Waals surface area (Å²) >= 11 is 0. The Morgan fingerprint density at radius 2 is 2.55 bits per heavy atom. The SMILES string of the molecule is CCCC(O[Si])c1ccco1. The molecule has 0 aliphatic heterocycles. The van der Waals surface area contributed by atoms with E-state index in [9.17, 15) is 0 Å². The number of rotatable bonds is 4. The fourth-order valence-corrected chi connectivity index (χ4v) is 1.23. The van der Waals surface area contributed by atoms with Crippen LogP contribution in [0.2, 0.25) is 0 Å². The molecule has 0 amide bonds. The average Bonchev–Trinajstić information content (AvgIpc) is 2.52. The van der Waals surface area contributed by atoms with Gasteiger partial charge >= 0.3 is 0 Å². The van der Waals surface area contributed by atoms with Gasteiger partial charge in [-0.3, -0.25) is 0 Å². The summed E-state index contributed by atoms with van der Waals surface area (Å²) in [7, 11) is 3.03. The van der Waals surface area contributed by atoms with Crippen LogP contribution in [0.25, 0.3) is 0 Å². The molecule has 0 bridgehead atoms. The van der Waals surface area contributed by atoms with Crippen LogP contribution in [-0.2, 0) is 4.43 Å². The summed E-state index contributed by atoms with van der Waals surface area (Å²) in [5.74, 6) is 0.877. The van der Waals surface area contributed by atoms with Gasteiger partial charge in [-0.2, -0.15) is 0 Å². The monoisotopic (exact) mass is 167 g/mol. The van der Waals surface area contributed by atoms with Crippen molar-refractivity contribution in [2.24, 2.45) is 0 Å². The van der Waals surface area contributed by atoms with Crippen LogP contribution in [0.1, 0.15) is 31.6 Å². The topological polar surface area (TPSA) is 22.4 Å². The molecule has 0 spiro atoms. The van der Waals surface area contributed by atoms with E-state index in [0.29, 0.717) is 0 Å². The van der Waals surface area contributed by atoms with Gasteiger partial charge in [0.2, 0.25) is 10.5 Å². The van der Waals surface area contributed by atoms with Crippen molar-refractivity contribution in [3.8, 4) is 0 Å². The molecule has 0 aliphatic rings. The van der Waals surface area contributed by atoms with Crippen molar-refractivity contribution < 1.29 is 8.84 Å². The first-order chi connectivity index (χ1) is 5.38. The molecule has 59 valence electrons. The molecule has 3 heteroatoms. The van der Waals surface area contributed by atoms with E-state index in [1.54, 1.807) is 6.26 Å². The highest BCUT2D eigenvalue weighted by atomic mass is 28.2. The normalized spacial score (nSPS) is 13.3. The van der Waals surface area contributed by atoms with Gasteiger partial charge in [0.05, 0.1) is 6.26 Å². The quantitative estimate of drug-likeness (QED) is 0.641. The zero-order chi connectivity index (χ0) is 8.10. The van der Waals surface area contributed by atoms with Gasteiger partial charge < -0.3 is 8.84 Å². The van der Waals surface area contributed by atoms with E-state index in [1.807, 2.05) is 12.1 Å². The second kappa shape index (κ2) is 4.36. The number of hydrogen-bond acceptors (Lipinski definition) is 2. The van der Waals surface area contributed by atoms with E-state index >= 15 is 0 Å². The van der Waals surface area contributed by atoms with E-state index in [0.717, 1.165) is 18.6 Å². The van der Waals surface area contributed by atoms with Crippen LogP contribution < -0.4 is 0 Å². The lowest BCUT2D eigenvalue weighted by Crippen LogP contribution is -1.99.